The first-order chi connectivity index (χ1) is 7.08. The van der Waals surface area contributed by atoms with E-state index in [0.717, 1.165) is 0 Å². The fourth-order valence-electron chi connectivity index (χ4n) is 1.10. The fourth-order valence-corrected chi connectivity index (χ4v) is 1.47. The summed E-state index contributed by atoms with van der Waals surface area (Å²) in [5.41, 5.74) is 0. The molecule has 1 unspecified atom stereocenters. The zero-order chi connectivity index (χ0) is 13.0. The second kappa shape index (κ2) is 5.98. The molecule has 2 N–H and O–H groups in total. The van der Waals surface area contributed by atoms with E-state index in [2.05, 4.69) is 5.32 Å². The minimum atomic E-state index is -3.04. The fraction of sp³-hybridized carbons (Fsp3) is 1.00. The number of sulfone groups is 1. The maximum Gasteiger partial charge on any atom is 0.153 e. The lowest BCUT2D eigenvalue weighted by atomic mass is 10.0. The minimum Gasteiger partial charge on any atom is -0.393 e. The number of hydrogen-bond donors (Lipinski definition) is 2. The predicted molar refractivity (Wildman–Crippen MR) is 67.3 cm³/mol. The number of hydrogen-bond acceptors (Lipinski definition) is 4. The number of rotatable bonds is 7. The van der Waals surface area contributed by atoms with Crippen LogP contribution in [-0.4, -0.2) is 43.7 Å². The molecule has 0 aliphatic heterocycles. The van der Waals surface area contributed by atoms with E-state index in [-0.39, 0.29) is 12.0 Å². The molecule has 1 atom stereocenters. The van der Waals surface area contributed by atoms with E-state index in [1.54, 1.807) is 13.8 Å². The molecule has 0 aromatic carbocycles. The zero-order valence-electron chi connectivity index (χ0n) is 10.9. The van der Waals surface area contributed by atoms with Crippen LogP contribution in [-0.2, 0) is 9.84 Å². The average Bonchev–Trinajstić information content (AvgIpc) is 2.09. The second-order valence-corrected chi connectivity index (χ2v) is 7.96. The van der Waals surface area contributed by atoms with Crippen LogP contribution in [0.4, 0.5) is 0 Å². The van der Waals surface area contributed by atoms with Gasteiger partial charge < -0.3 is 10.4 Å². The highest BCUT2D eigenvalue weighted by Gasteiger charge is 2.29. The second-order valence-electron chi connectivity index (χ2n) is 5.31. The topological polar surface area (TPSA) is 66.4 Å². The van der Waals surface area contributed by atoms with Crippen molar-refractivity contribution in [1.29, 1.82) is 0 Å². The first-order valence-corrected chi connectivity index (χ1v) is 7.55. The Morgan fingerprint density at radius 1 is 1.31 bits per heavy atom. The van der Waals surface area contributed by atoms with Gasteiger partial charge in [0.2, 0.25) is 0 Å². The van der Waals surface area contributed by atoms with Gasteiger partial charge in [0.25, 0.3) is 0 Å². The Morgan fingerprint density at radius 2 is 1.81 bits per heavy atom. The van der Waals surface area contributed by atoms with Crippen LogP contribution in [0.25, 0.3) is 0 Å². The smallest absolute Gasteiger partial charge is 0.153 e. The van der Waals surface area contributed by atoms with E-state index in [1.807, 2.05) is 13.8 Å². The summed E-state index contributed by atoms with van der Waals surface area (Å²) in [6.45, 7) is 8.38. The van der Waals surface area contributed by atoms with Crippen LogP contribution < -0.4 is 5.32 Å². The third kappa shape index (κ3) is 5.27. The molecule has 0 saturated carbocycles. The standard InChI is InChI=1S/C11H25NO3S/c1-9(2)10(13)6-7-12-8-11(3,4)16(5,14)15/h9-10,12-13H,6-8H2,1-5H3. The van der Waals surface area contributed by atoms with Gasteiger partial charge in [-0.15, -0.1) is 0 Å². The molecule has 0 aliphatic carbocycles. The Labute approximate surface area is 99.4 Å². The van der Waals surface area contributed by atoms with E-state index in [9.17, 15) is 13.5 Å². The maximum absolute atomic E-state index is 11.4. The Bertz CT molecular complexity index is 296. The van der Waals surface area contributed by atoms with Crippen LogP contribution in [0.1, 0.15) is 34.1 Å². The van der Waals surface area contributed by atoms with Crippen molar-refractivity contribution in [3.05, 3.63) is 0 Å². The Kier molecular flexibility index (Phi) is 5.93. The molecule has 0 spiro atoms. The summed E-state index contributed by atoms with van der Waals surface area (Å²) in [5.74, 6) is 0.240. The molecule has 0 aliphatic rings. The molecule has 16 heavy (non-hydrogen) atoms. The van der Waals surface area contributed by atoms with Crippen molar-refractivity contribution < 1.29 is 13.5 Å². The van der Waals surface area contributed by atoms with Gasteiger partial charge in [-0.25, -0.2) is 8.42 Å². The summed E-state index contributed by atoms with van der Waals surface area (Å²) in [4.78, 5) is 0. The number of aliphatic hydroxyl groups excluding tert-OH is 1. The van der Waals surface area contributed by atoms with Crippen LogP contribution in [0.2, 0.25) is 0 Å². The predicted octanol–water partition coefficient (Wildman–Crippen LogP) is 0.806. The van der Waals surface area contributed by atoms with Crippen LogP contribution in [0.5, 0.6) is 0 Å². The minimum absolute atomic E-state index is 0.240. The lowest BCUT2D eigenvalue weighted by Crippen LogP contribution is -2.42. The number of nitrogens with one attached hydrogen (secondary N) is 1. The Hall–Kier alpha value is -0.130. The molecular weight excluding hydrogens is 226 g/mol. The monoisotopic (exact) mass is 251 g/mol. The summed E-state index contributed by atoms with van der Waals surface area (Å²) in [6.07, 6.45) is 1.57. The highest BCUT2D eigenvalue weighted by molar-refractivity contribution is 7.92. The first kappa shape index (κ1) is 15.9. The molecule has 0 rings (SSSR count). The van der Waals surface area contributed by atoms with Crippen LogP contribution >= 0.6 is 0 Å². The van der Waals surface area contributed by atoms with Gasteiger partial charge in [-0.1, -0.05) is 13.8 Å². The van der Waals surface area contributed by atoms with Gasteiger partial charge in [0, 0.05) is 12.8 Å². The molecule has 0 radical (unpaired) electrons. The third-order valence-corrected chi connectivity index (χ3v) is 5.09. The van der Waals surface area contributed by atoms with Gasteiger partial charge in [0.15, 0.2) is 9.84 Å². The number of aliphatic hydroxyl groups is 1. The van der Waals surface area contributed by atoms with Crippen LogP contribution in [0.15, 0.2) is 0 Å². The largest absolute Gasteiger partial charge is 0.393 e. The maximum atomic E-state index is 11.4. The summed E-state index contributed by atoms with van der Waals surface area (Å²) in [7, 11) is -3.04. The van der Waals surface area contributed by atoms with Gasteiger partial charge in [0.1, 0.15) is 0 Å². The quantitative estimate of drug-likeness (QED) is 0.657. The molecule has 5 heteroatoms. The zero-order valence-corrected chi connectivity index (χ0v) is 11.8. The molecule has 0 aromatic rings. The molecule has 0 bridgehead atoms. The molecule has 0 fully saturated rings. The lowest BCUT2D eigenvalue weighted by Gasteiger charge is -2.23. The van der Waals surface area contributed by atoms with Gasteiger partial charge in [0.05, 0.1) is 10.9 Å². The van der Waals surface area contributed by atoms with E-state index in [1.165, 1.54) is 6.26 Å². The van der Waals surface area contributed by atoms with Crippen LogP contribution in [0.3, 0.4) is 0 Å². The first-order valence-electron chi connectivity index (χ1n) is 5.66. The normalized spacial score (nSPS) is 15.4. The van der Waals surface area contributed by atoms with E-state index < -0.39 is 14.6 Å². The van der Waals surface area contributed by atoms with Crippen molar-refractivity contribution >= 4 is 9.84 Å². The van der Waals surface area contributed by atoms with E-state index >= 15 is 0 Å². The Balaban J connectivity index is 3.92. The molecule has 0 amide bonds. The van der Waals surface area contributed by atoms with Gasteiger partial charge in [-0.2, -0.15) is 0 Å². The highest BCUT2D eigenvalue weighted by atomic mass is 32.2. The Morgan fingerprint density at radius 3 is 2.19 bits per heavy atom. The summed E-state index contributed by atoms with van der Waals surface area (Å²) < 4.78 is 22.0. The molecule has 0 saturated heterocycles. The third-order valence-electron chi connectivity index (χ3n) is 2.94. The van der Waals surface area contributed by atoms with Crippen molar-refractivity contribution in [3.8, 4) is 0 Å². The molecule has 0 aromatic heterocycles. The van der Waals surface area contributed by atoms with Gasteiger partial charge >= 0.3 is 0 Å². The van der Waals surface area contributed by atoms with Crippen molar-refractivity contribution in [2.24, 2.45) is 5.92 Å². The summed E-state index contributed by atoms with van der Waals surface area (Å²) >= 11 is 0. The summed E-state index contributed by atoms with van der Waals surface area (Å²) in [5, 5.41) is 12.6. The average molecular weight is 251 g/mol. The van der Waals surface area contributed by atoms with Gasteiger partial charge in [-0.3, -0.25) is 0 Å². The molecule has 98 valence electrons. The molecule has 4 nitrogen and oxygen atoms in total. The lowest BCUT2D eigenvalue weighted by molar-refractivity contribution is 0.116. The SMILES string of the molecule is CC(C)C(O)CCNCC(C)(C)S(C)(=O)=O. The van der Waals surface area contributed by atoms with Gasteiger partial charge in [-0.05, 0) is 32.7 Å². The summed E-state index contributed by atoms with van der Waals surface area (Å²) in [6, 6.07) is 0. The van der Waals surface area contributed by atoms with Crippen molar-refractivity contribution in [1.82, 2.24) is 5.32 Å². The van der Waals surface area contributed by atoms with Crippen LogP contribution in [0, 0.1) is 5.92 Å². The molecular formula is C11H25NO3S. The van der Waals surface area contributed by atoms with Crippen molar-refractivity contribution in [2.45, 2.75) is 45.0 Å². The van der Waals surface area contributed by atoms with Crippen molar-refractivity contribution in [3.63, 3.8) is 0 Å². The van der Waals surface area contributed by atoms with Crippen molar-refractivity contribution in [2.75, 3.05) is 19.3 Å². The van der Waals surface area contributed by atoms with E-state index in [0.29, 0.717) is 19.5 Å². The highest BCUT2D eigenvalue weighted by Crippen LogP contribution is 2.13. The van der Waals surface area contributed by atoms with E-state index in [4.69, 9.17) is 0 Å². The molecule has 0 heterocycles.